The minimum atomic E-state index is -0.148. The third kappa shape index (κ3) is 2.69. The highest BCUT2D eigenvalue weighted by molar-refractivity contribution is 6.05. The van der Waals surface area contributed by atoms with E-state index in [1.54, 1.807) is 12.1 Å². The molecule has 0 bridgehead atoms. The number of hydrogen-bond acceptors (Lipinski definition) is 2. The summed E-state index contributed by atoms with van der Waals surface area (Å²) in [6, 6.07) is 13.0. The van der Waals surface area contributed by atoms with Gasteiger partial charge in [0.15, 0.2) is 0 Å². The van der Waals surface area contributed by atoms with E-state index in [4.69, 9.17) is 5.73 Å². The van der Waals surface area contributed by atoms with Crippen LogP contribution in [0.15, 0.2) is 42.5 Å². The van der Waals surface area contributed by atoms with E-state index < -0.39 is 0 Å². The van der Waals surface area contributed by atoms with Crippen molar-refractivity contribution in [2.24, 2.45) is 0 Å². The quantitative estimate of drug-likeness (QED) is 0.792. The zero-order valence-corrected chi connectivity index (χ0v) is 10.5. The van der Waals surface area contributed by atoms with E-state index in [1.165, 1.54) is 0 Å². The van der Waals surface area contributed by atoms with Gasteiger partial charge < -0.3 is 11.1 Å². The van der Waals surface area contributed by atoms with Gasteiger partial charge in [-0.15, -0.1) is 0 Å². The molecule has 2 aromatic rings. The summed E-state index contributed by atoms with van der Waals surface area (Å²) in [5.41, 5.74) is 9.90. The van der Waals surface area contributed by atoms with Gasteiger partial charge in [0.05, 0.1) is 11.4 Å². The second kappa shape index (κ2) is 4.92. The summed E-state index contributed by atoms with van der Waals surface area (Å²) in [6.45, 7) is 3.95. The number of amides is 1. The highest BCUT2D eigenvalue weighted by atomic mass is 16.1. The van der Waals surface area contributed by atoms with Crippen molar-refractivity contribution in [2.45, 2.75) is 13.8 Å². The van der Waals surface area contributed by atoms with Crippen LogP contribution >= 0.6 is 0 Å². The van der Waals surface area contributed by atoms with E-state index in [0.717, 1.165) is 11.1 Å². The van der Waals surface area contributed by atoms with Crippen LogP contribution in [0.5, 0.6) is 0 Å². The average Bonchev–Trinajstić information content (AvgIpc) is 2.33. The molecule has 3 nitrogen and oxygen atoms in total. The van der Waals surface area contributed by atoms with E-state index in [0.29, 0.717) is 16.9 Å². The topological polar surface area (TPSA) is 55.1 Å². The summed E-state index contributed by atoms with van der Waals surface area (Å²) in [6.07, 6.45) is 0. The lowest BCUT2D eigenvalue weighted by molar-refractivity contribution is 0.102. The van der Waals surface area contributed by atoms with Gasteiger partial charge in [-0.1, -0.05) is 23.8 Å². The van der Waals surface area contributed by atoms with E-state index in [9.17, 15) is 4.79 Å². The summed E-state index contributed by atoms with van der Waals surface area (Å²) in [4.78, 5) is 12.0. The number of carbonyl (C=O) groups is 1. The maximum Gasteiger partial charge on any atom is 0.255 e. The van der Waals surface area contributed by atoms with Crippen molar-refractivity contribution < 1.29 is 4.79 Å². The van der Waals surface area contributed by atoms with Gasteiger partial charge in [0, 0.05) is 5.56 Å². The molecule has 0 saturated carbocycles. The smallest absolute Gasteiger partial charge is 0.255 e. The SMILES string of the molecule is Cc1ccc(C(=O)Nc2ccc(C)cc2N)cc1. The van der Waals surface area contributed by atoms with Crippen LogP contribution in [0.4, 0.5) is 11.4 Å². The molecule has 0 fully saturated rings. The second-order valence-corrected chi connectivity index (χ2v) is 4.41. The molecule has 0 spiro atoms. The van der Waals surface area contributed by atoms with Crippen molar-refractivity contribution in [1.29, 1.82) is 0 Å². The predicted molar refractivity (Wildman–Crippen MR) is 74.7 cm³/mol. The molecule has 0 aliphatic rings. The van der Waals surface area contributed by atoms with Gasteiger partial charge in [-0.2, -0.15) is 0 Å². The first-order chi connectivity index (χ1) is 8.56. The molecule has 1 amide bonds. The Labute approximate surface area is 107 Å². The zero-order chi connectivity index (χ0) is 13.1. The summed E-state index contributed by atoms with van der Waals surface area (Å²) in [5, 5.41) is 2.81. The molecule has 18 heavy (non-hydrogen) atoms. The zero-order valence-electron chi connectivity index (χ0n) is 10.5. The molecule has 2 rings (SSSR count). The van der Waals surface area contributed by atoms with Crippen molar-refractivity contribution in [3.63, 3.8) is 0 Å². The minimum absolute atomic E-state index is 0.148. The van der Waals surface area contributed by atoms with Crippen molar-refractivity contribution >= 4 is 17.3 Å². The first-order valence-corrected chi connectivity index (χ1v) is 5.80. The highest BCUT2D eigenvalue weighted by Crippen LogP contribution is 2.20. The Balaban J connectivity index is 2.18. The standard InChI is InChI=1S/C15H16N2O/c1-10-3-6-12(7-4-10)15(18)17-14-8-5-11(2)9-13(14)16/h3-9H,16H2,1-2H3,(H,17,18). The molecule has 0 aromatic heterocycles. The molecule has 0 aliphatic carbocycles. The van der Waals surface area contributed by atoms with Crippen LogP contribution in [0.1, 0.15) is 21.5 Å². The first kappa shape index (κ1) is 12.2. The molecule has 0 radical (unpaired) electrons. The largest absolute Gasteiger partial charge is 0.397 e. The molecule has 0 heterocycles. The van der Waals surface area contributed by atoms with Crippen LogP contribution < -0.4 is 11.1 Å². The van der Waals surface area contributed by atoms with E-state index in [1.807, 2.05) is 44.2 Å². The third-order valence-electron chi connectivity index (χ3n) is 2.77. The van der Waals surface area contributed by atoms with Gasteiger partial charge in [0.1, 0.15) is 0 Å². The molecule has 0 unspecified atom stereocenters. The van der Waals surface area contributed by atoms with Gasteiger partial charge in [-0.05, 0) is 43.7 Å². The molecule has 92 valence electrons. The Morgan fingerprint density at radius 1 is 1.00 bits per heavy atom. The number of nitrogen functional groups attached to an aromatic ring is 1. The van der Waals surface area contributed by atoms with Crippen molar-refractivity contribution in [2.75, 3.05) is 11.1 Å². The van der Waals surface area contributed by atoms with Gasteiger partial charge in [0.25, 0.3) is 5.91 Å². The van der Waals surface area contributed by atoms with E-state index in [-0.39, 0.29) is 5.91 Å². The summed E-state index contributed by atoms with van der Waals surface area (Å²) in [7, 11) is 0. The molecule has 3 N–H and O–H groups in total. The minimum Gasteiger partial charge on any atom is -0.397 e. The number of aryl methyl sites for hydroxylation is 2. The highest BCUT2D eigenvalue weighted by Gasteiger charge is 2.07. The Hall–Kier alpha value is -2.29. The normalized spacial score (nSPS) is 10.1. The fourth-order valence-corrected chi connectivity index (χ4v) is 1.70. The van der Waals surface area contributed by atoms with Crippen LogP contribution in [0.2, 0.25) is 0 Å². The Morgan fingerprint density at radius 2 is 1.61 bits per heavy atom. The van der Waals surface area contributed by atoms with Gasteiger partial charge >= 0.3 is 0 Å². The third-order valence-corrected chi connectivity index (χ3v) is 2.77. The summed E-state index contributed by atoms with van der Waals surface area (Å²) in [5.74, 6) is -0.148. The van der Waals surface area contributed by atoms with Gasteiger partial charge in [0.2, 0.25) is 0 Å². The fourth-order valence-electron chi connectivity index (χ4n) is 1.70. The first-order valence-electron chi connectivity index (χ1n) is 5.80. The van der Waals surface area contributed by atoms with Crippen molar-refractivity contribution in [3.05, 3.63) is 59.2 Å². The number of anilines is 2. The number of nitrogens with two attached hydrogens (primary N) is 1. The second-order valence-electron chi connectivity index (χ2n) is 4.41. The molecular formula is C15H16N2O. The number of rotatable bonds is 2. The fraction of sp³-hybridized carbons (Fsp3) is 0.133. The number of nitrogens with one attached hydrogen (secondary N) is 1. The summed E-state index contributed by atoms with van der Waals surface area (Å²) < 4.78 is 0. The van der Waals surface area contributed by atoms with Crippen LogP contribution in [0.25, 0.3) is 0 Å². The molecule has 0 aliphatic heterocycles. The van der Waals surface area contributed by atoms with Gasteiger partial charge in [-0.3, -0.25) is 4.79 Å². The molecule has 3 heteroatoms. The van der Waals surface area contributed by atoms with E-state index >= 15 is 0 Å². The maximum atomic E-state index is 12.0. The monoisotopic (exact) mass is 240 g/mol. The average molecular weight is 240 g/mol. The lowest BCUT2D eigenvalue weighted by atomic mass is 10.1. The van der Waals surface area contributed by atoms with Crippen molar-refractivity contribution in [3.8, 4) is 0 Å². The van der Waals surface area contributed by atoms with Crippen LogP contribution in [0, 0.1) is 13.8 Å². The van der Waals surface area contributed by atoms with Crippen molar-refractivity contribution in [1.82, 2.24) is 0 Å². The molecular weight excluding hydrogens is 224 g/mol. The molecule has 0 atom stereocenters. The number of benzene rings is 2. The number of hydrogen-bond donors (Lipinski definition) is 2. The van der Waals surface area contributed by atoms with Gasteiger partial charge in [-0.25, -0.2) is 0 Å². The Morgan fingerprint density at radius 3 is 2.22 bits per heavy atom. The Bertz CT molecular complexity index is 574. The molecule has 2 aromatic carbocycles. The Kier molecular flexibility index (Phi) is 3.33. The summed E-state index contributed by atoms with van der Waals surface area (Å²) >= 11 is 0. The lowest BCUT2D eigenvalue weighted by Gasteiger charge is -2.09. The van der Waals surface area contributed by atoms with E-state index in [2.05, 4.69) is 5.32 Å². The van der Waals surface area contributed by atoms with Crippen LogP contribution in [-0.2, 0) is 0 Å². The molecule has 0 saturated heterocycles. The maximum absolute atomic E-state index is 12.0. The number of carbonyl (C=O) groups excluding carboxylic acids is 1. The van der Waals surface area contributed by atoms with Crippen LogP contribution in [-0.4, -0.2) is 5.91 Å². The predicted octanol–water partition coefficient (Wildman–Crippen LogP) is 3.14. The van der Waals surface area contributed by atoms with Crippen LogP contribution in [0.3, 0.4) is 0 Å². The lowest BCUT2D eigenvalue weighted by Crippen LogP contribution is -2.13.